The summed E-state index contributed by atoms with van der Waals surface area (Å²) in [6, 6.07) is 14.2. The molecule has 1 aromatic heterocycles. The summed E-state index contributed by atoms with van der Waals surface area (Å²) in [5, 5.41) is 1.15. The van der Waals surface area contributed by atoms with Gasteiger partial charge in [-0.05, 0) is 77.2 Å². The molecule has 0 saturated carbocycles. The van der Waals surface area contributed by atoms with Crippen molar-refractivity contribution in [3.05, 3.63) is 93.6 Å². The average molecular weight is 479 g/mol. The molecule has 4 rings (SSSR count). The average Bonchev–Trinajstić information content (AvgIpc) is 3.13. The molecule has 0 fully saturated rings. The molecule has 0 saturated heterocycles. The van der Waals surface area contributed by atoms with Crippen molar-refractivity contribution in [3.63, 3.8) is 0 Å². The minimum atomic E-state index is -5.11. The lowest BCUT2D eigenvalue weighted by molar-refractivity contribution is -0.142. The fraction of sp³-hybridized carbons (Fsp3) is 0.231. The van der Waals surface area contributed by atoms with Gasteiger partial charge < -0.3 is 0 Å². The molecule has 0 unspecified atom stereocenters. The van der Waals surface area contributed by atoms with E-state index in [0.29, 0.717) is 23.3 Å². The first-order valence-corrected chi connectivity index (χ1v) is 11.3. The number of rotatable bonds is 6. The fourth-order valence-electron chi connectivity index (χ4n) is 3.88. The second-order valence-electron chi connectivity index (χ2n) is 7.95. The summed E-state index contributed by atoms with van der Waals surface area (Å²) in [4.78, 5) is 1.31. The Morgan fingerprint density at radius 3 is 2.03 bits per heavy atom. The maximum atomic E-state index is 14.7. The lowest BCUT2D eigenvalue weighted by Crippen LogP contribution is -2.12. The first-order valence-electron chi connectivity index (χ1n) is 10.5. The number of halogens is 6. The van der Waals surface area contributed by atoms with E-state index < -0.39 is 29.2 Å². The van der Waals surface area contributed by atoms with Crippen molar-refractivity contribution in [3.8, 4) is 11.1 Å². The van der Waals surface area contributed by atoms with E-state index in [1.165, 1.54) is 10.9 Å². The molecule has 1 heterocycles. The molecule has 0 radical (unpaired) electrons. The summed E-state index contributed by atoms with van der Waals surface area (Å²) in [5.74, 6) is -3.81. The van der Waals surface area contributed by atoms with Crippen molar-refractivity contribution < 1.29 is 26.3 Å². The number of hydrogen-bond acceptors (Lipinski definition) is 1. The van der Waals surface area contributed by atoms with E-state index in [9.17, 15) is 26.3 Å². The molecule has 3 aromatic carbocycles. The quantitative estimate of drug-likeness (QED) is 0.243. The van der Waals surface area contributed by atoms with Gasteiger partial charge in [0.2, 0.25) is 0 Å². The van der Waals surface area contributed by atoms with E-state index in [4.69, 9.17) is 0 Å². The second kappa shape index (κ2) is 9.21. The van der Waals surface area contributed by atoms with E-state index >= 15 is 0 Å². The van der Waals surface area contributed by atoms with Gasteiger partial charge in [0.1, 0.15) is 23.0 Å². The van der Waals surface area contributed by atoms with E-state index in [2.05, 4.69) is 13.0 Å². The van der Waals surface area contributed by atoms with Gasteiger partial charge >= 0.3 is 6.18 Å². The highest BCUT2D eigenvalue weighted by molar-refractivity contribution is 7.19. The van der Waals surface area contributed by atoms with Crippen LogP contribution in [0.3, 0.4) is 0 Å². The zero-order chi connectivity index (χ0) is 23.8. The first-order chi connectivity index (χ1) is 15.7. The Bertz CT molecular complexity index is 1280. The molecule has 7 heteroatoms. The van der Waals surface area contributed by atoms with Crippen LogP contribution in [-0.4, -0.2) is 0 Å². The maximum Gasteiger partial charge on any atom is 0.422 e. The first kappa shape index (κ1) is 23.4. The standard InChI is InChI=1S/C26H20F6S/c1-2-3-20-12-19-9-8-18(14-24(19)33-20)17-7-6-16(21(27)13-17)5-4-15-10-22(28)25(23(29)11-15)26(30,31)32/h6-14H,2-5H2,1H3. The van der Waals surface area contributed by atoms with Crippen LogP contribution in [0.5, 0.6) is 0 Å². The highest BCUT2D eigenvalue weighted by atomic mass is 32.1. The van der Waals surface area contributed by atoms with Gasteiger partial charge in [0.25, 0.3) is 0 Å². The number of aryl methyl sites for hydroxylation is 3. The third-order valence-corrected chi connectivity index (χ3v) is 6.68. The molecule has 33 heavy (non-hydrogen) atoms. The minimum absolute atomic E-state index is 0.00358. The SMILES string of the molecule is CCCc1cc2ccc(-c3ccc(CCc4cc(F)c(C(F)(F)F)c(F)c4)c(F)c3)cc2s1. The molecule has 0 aliphatic rings. The summed E-state index contributed by atoms with van der Waals surface area (Å²) in [5.41, 5.74) is 0.0284. The topological polar surface area (TPSA) is 0 Å². The summed E-state index contributed by atoms with van der Waals surface area (Å²) >= 11 is 1.72. The van der Waals surface area contributed by atoms with Gasteiger partial charge in [0.05, 0.1) is 0 Å². The summed E-state index contributed by atoms with van der Waals surface area (Å²) < 4.78 is 81.6. The molecule has 0 amide bonds. The predicted molar refractivity (Wildman–Crippen MR) is 120 cm³/mol. The Balaban J connectivity index is 1.52. The summed E-state index contributed by atoms with van der Waals surface area (Å²) in [7, 11) is 0. The number of benzene rings is 3. The van der Waals surface area contributed by atoms with E-state index in [1.54, 1.807) is 23.5 Å². The molecule has 172 valence electrons. The van der Waals surface area contributed by atoms with Crippen molar-refractivity contribution in [1.29, 1.82) is 0 Å². The molecular formula is C26H20F6S. The van der Waals surface area contributed by atoms with Gasteiger partial charge in [-0.2, -0.15) is 13.2 Å². The lowest BCUT2D eigenvalue weighted by atomic mass is 9.98. The molecule has 0 N–H and O–H groups in total. The summed E-state index contributed by atoms with van der Waals surface area (Å²) in [6.45, 7) is 2.13. The monoisotopic (exact) mass is 478 g/mol. The normalized spacial score (nSPS) is 12.0. The number of alkyl halides is 3. The van der Waals surface area contributed by atoms with E-state index in [-0.39, 0.29) is 18.4 Å². The third kappa shape index (κ3) is 5.08. The van der Waals surface area contributed by atoms with Crippen molar-refractivity contribution in [2.24, 2.45) is 0 Å². The van der Waals surface area contributed by atoms with E-state index in [0.717, 1.165) is 28.5 Å². The van der Waals surface area contributed by atoms with Crippen LogP contribution in [0.4, 0.5) is 26.3 Å². The fourth-order valence-corrected chi connectivity index (χ4v) is 5.09. The Morgan fingerprint density at radius 1 is 0.727 bits per heavy atom. The molecule has 0 aliphatic heterocycles. The molecular weight excluding hydrogens is 458 g/mol. The predicted octanol–water partition coefficient (Wildman–Crippen LogP) is 8.74. The zero-order valence-corrected chi connectivity index (χ0v) is 18.5. The lowest BCUT2D eigenvalue weighted by Gasteiger charge is -2.11. The molecule has 0 atom stereocenters. The Morgan fingerprint density at radius 2 is 1.39 bits per heavy atom. The Hall–Kier alpha value is -2.80. The van der Waals surface area contributed by atoms with Crippen LogP contribution in [0.1, 0.15) is 34.9 Å². The van der Waals surface area contributed by atoms with Gasteiger partial charge in [-0.15, -0.1) is 11.3 Å². The van der Waals surface area contributed by atoms with E-state index in [1.807, 2.05) is 18.2 Å². The van der Waals surface area contributed by atoms with Gasteiger partial charge in [-0.3, -0.25) is 0 Å². The number of hydrogen-bond donors (Lipinski definition) is 0. The highest BCUT2D eigenvalue weighted by Crippen LogP contribution is 2.35. The number of fused-ring (bicyclic) bond motifs is 1. The third-order valence-electron chi connectivity index (χ3n) is 5.52. The molecule has 0 aliphatic carbocycles. The van der Waals surface area contributed by atoms with Crippen LogP contribution >= 0.6 is 11.3 Å². The van der Waals surface area contributed by atoms with Crippen molar-refractivity contribution in [2.75, 3.05) is 0 Å². The van der Waals surface area contributed by atoms with Gasteiger partial charge in [0.15, 0.2) is 0 Å². The zero-order valence-electron chi connectivity index (χ0n) is 17.7. The summed E-state index contributed by atoms with van der Waals surface area (Å²) in [6.07, 6.45) is -2.93. The Labute approximate surface area is 191 Å². The van der Waals surface area contributed by atoms with Crippen LogP contribution in [-0.2, 0) is 25.4 Å². The van der Waals surface area contributed by atoms with Crippen LogP contribution < -0.4 is 0 Å². The second-order valence-corrected chi connectivity index (χ2v) is 9.12. The van der Waals surface area contributed by atoms with Crippen LogP contribution in [0.25, 0.3) is 21.2 Å². The minimum Gasteiger partial charge on any atom is -0.207 e. The van der Waals surface area contributed by atoms with Gasteiger partial charge in [-0.25, -0.2) is 13.2 Å². The van der Waals surface area contributed by atoms with Crippen LogP contribution in [0, 0.1) is 17.5 Å². The smallest absolute Gasteiger partial charge is 0.207 e. The molecule has 0 nitrogen and oxygen atoms in total. The van der Waals surface area contributed by atoms with Gasteiger partial charge in [0, 0.05) is 9.58 Å². The number of thiophene rings is 1. The van der Waals surface area contributed by atoms with Crippen molar-refractivity contribution in [1.82, 2.24) is 0 Å². The highest BCUT2D eigenvalue weighted by Gasteiger charge is 2.37. The van der Waals surface area contributed by atoms with Gasteiger partial charge in [-0.1, -0.05) is 37.6 Å². The molecule has 0 bridgehead atoms. The van der Waals surface area contributed by atoms with Crippen LogP contribution in [0.15, 0.2) is 54.6 Å². The Kier molecular flexibility index (Phi) is 6.52. The van der Waals surface area contributed by atoms with Crippen LogP contribution in [0.2, 0.25) is 0 Å². The largest absolute Gasteiger partial charge is 0.422 e. The molecule has 4 aromatic rings. The van der Waals surface area contributed by atoms with Crippen molar-refractivity contribution >= 4 is 21.4 Å². The maximum absolute atomic E-state index is 14.7. The van der Waals surface area contributed by atoms with Crippen molar-refractivity contribution in [2.45, 2.75) is 38.8 Å². The molecule has 0 spiro atoms.